The van der Waals surface area contributed by atoms with Crippen molar-refractivity contribution in [2.75, 3.05) is 26.2 Å². The lowest BCUT2D eigenvalue weighted by Crippen LogP contribution is -3.13. The molecule has 0 aliphatic carbocycles. The first-order valence-electron chi connectivity index (χ1n) is 8.01. The van der Waals surface area contributed by atoms with E-state index in [-0.39, 0.29) is 5.91 Å². The highest BCUT2D eigenvalue weighted by atomic mass is 35.5. The Hall–Kier alpha value is -1.59. The Morgan fingerprint density at radius 2 is 1.62 bits per heavy atom. The van der Waals surface area contributed by atoms with E-state index in [0.29, 0.717) is 10.6 Å². The van der Waals surface area contributed by atoms with Gasteiger partial charge in [-0.3, -0.25) is 10.2 Å². The summed E-state index contributed by atoms with van der Waals surface area (Å²) in [6.45, 7) is 4.42. The summed E-state index contributed by atoms with van der Waals surface area (Å²) in [7, 11) is 0. The number of hydrazine groups is 1. The minimum Gasteiger partial charge on any atom is -0.329 e. The van der Waals surface area contributed by atoms with Gasteiger partial charge in [0.1, 0.15) is 6.54 Å². The zero-order chi connectivity index (χ0) is 16.9. The molecule has 2 N–H and O–H groups in total. The average Bonchev–Trinajstić information content (AvgIpc) is 2.59. The molecule has 0 aromatic heterocycles. The first-order valence-corrected chi connectivity index (χ1v) is 8.76. The van der Waals surface area contributed by atoms with E-state index in [9.17, 15) is 4.79 Å². The van der Waals surface area contributed by atoms with Crippen LogP contribution in [0.5, 0.6) is 0 Å². The van der Waals surface area contributed by atoms with Crippen LogP contribution in [0, 0.1) is 0 Å². The molecule has 24 heavy (non-hydrogen) atoms. The van der Waals surface area contributed by atoms with Crippen LogP contribution in [-0.4, -0.2) is 37.1 Å². The van der Waals surface area contributed by atoms with E-state index < -0.39 is 0 Å². The highest BCUT2D eigenvalue weighted by Gasteiger charge is 2.22. The highest BCUT2D eigenvalue weighted by Crippen LogP contribution is 2.15. The van der Waals surface area contributed by atoms with Gasteiger partial charge in [-0.1, -0.05) is 53.5 Å². The molecule has 1 aliphatic rings. The number of hydrogen-bond acceptors (Lipinski definition) is 2. The van der Waals surface area contributed by atoms with Crippen LogP contribution in [0.4, 0.5) is 0 Å². The van der Waals surface area contributed by atoms with Crippen LogP contribution in [0.3, 0.4) is 0 Å². The Bertz CT molecular complexity index is 715. The standard InChI is InChI=1S/C18H19Cl2N3O/c19-16-7-3-1-5-14(16)13-22-9-11-23(12-10-22)21-18(24)15-6-2-4-8-17(15)20/h1-8H,9-13H2,(H,21,24)/p+1. The van der Waals surface area contributed by atoms with E-state index in [1.807, 2.05) is 35.3 Å². The molecule has 1 heterocycles. The summed E-state index contributed by atoms with van der Waals surface area (Å²) in [5.41, 5.74) is 4.62. The van der Waals surface area contributed by atoms with Crippen LogP contribution >= 0.6 is 23.2 Å². The van der Waals surface area contributed by atoms with Crippen LogP contribution < -0.4 is 10.3 Å². The molecule has 0 bridgehead atoms. The third kappa shape index (κ3) is 4.28. The molecule has 0 radical (unpaired) electrons. The van der Waals surface area contributed by atoms with Crippen molar-refractivity contribution >= 4 is 29.1 Å². The van der Waals surface area contributed by atoms with E-state index in [1.54, 1.807) is 12.1 Å². The summed E-state index contributed by atoms with van der Waals surface area (Å²) >= 11 is 12.3. The molecular weight excluding hydrogens is 345 g/mol. The smallest absolute Gasteiger partial charge is 0.267 e. The second-order valence-corrected chi connectivity index (χ2v) is 6.74. The van der Waals surface area contributed by atoms with Crippen LogP contribution in [-0.2, 0) is 6.54 Å². The van der Waals surface area contributed by atoms with Crippen molar-refractivity contribution in [3.8, 4) is 0 Å². The maximum absolute atomic E-state index is 12.3. The second kappa shape index (κ2) is 7.99. The van der Waals surface area contributed by atoms with Crippen molar-refractivity contribution in [1.29, 1.82) is 0 Å². The lowest BCUT2D eigenvalue weighted by Gasteiger charge is -2.32. The Kier molecular flexibility index (Phi) is 5.74. The number of benzene rings is 2. The summed E-state index contributed by atoms with van der Waals surface area (Å²) < 4.78 is 0. The SMILES string of the molecule is O=C(NN1CC[NH+](Cc2ccccc2Cl)CC1)c1ccccc1Cl. The number of quaternary nitrogens is 1. The van der Waals surface area contributed by atoms with Crippen molar-refractivity contribution in [2.45, 2.75) is 6.54 Å². The van der Waals surface area contributed by atoms with Gasteiger partial charge < -0.3 is 4.90 Å². The Morgan fingerprint density at radius 3 is 2.29 bits per heavy atom. The Balaban J connectivity index is 1.51. The predicted octanol–water partition coefficient (Wildman–Crippen LogP) is 2.04. The normalized spacial score (nSPS) is 16.1. The number of nitrogens with zero attached hydrogens (tertiary/aromatic N) is 1. The van der Waals surface area contributed by atoms with Gasteiger partial charge >= 0.3 is 0 Å². The molecule has 0 unspecified atom stereocenters. The van der Waals surface area contributed by atoms with E-state index in [0.717, 1.165) is 37.7 Å². The van der Waals surface area contributed by atoms with Gasteiger partial charge in [0.05, 0.1) is 36.8 Å². The summed E-state index contributed by atoms with van der Waals surface area (Å²) in [4.78, 5) is 13.8. The van der Waals surface area contributed by atoms with Gasteiger partial charge in [0, 0.05) is 10.6 Å². The lowest BCUT2D eigenvalue weighted by atomic mass is 10.2. The van der Waals surface area contributed by atoms with Crippen LogP contribution in [0.15, 0.2) is 48.5 Å². The largest absolute Gasteiger partial charge is 0.329 e. The number of halogens is 2. The summed E-state index contributed by atoms with van der Waals surface area (Å²) in [6.07, 6.45) is 0. The minimum atomic E-state index is -0.157. The monoisotopic (exact) mass is 364 g/mol. The third-order valence-corrected chi connectivity index (χ3v) is 4.95. The molecule has 1 saturated heterocycles. The molecule has 2 aromatic rings. The second-order valence-electron chi connectivity index (χ2n) is 5.93. The van der Waals surface area contributed by atoms with Crippen LogP contribution in [0.2, 0.25) is 10.0 Å². The highest BCUT2D eigenvalue weighted by molar-refractivity contribution is 6.33. The van der Waals surface area contributed by atoms with Crippen molar-refractivity contribution in [1.82, 2.24) is 10.4 Å². The molecule has 4 nitrogen and oxygen atoms in total. The molecular formula is C18H20Cl2N3O+. The number of nitrogens with one attached hydrogen (secondary N) is 2. The molecule has 0 atom stereocenters. The number of rotatable bonds is 4. The van der Waals surface area contributed by atoms with Crippen LogP contribution in [0.1, 0.15) is 15.9 Å². The zero-order valence-corrected chi connectivity index (χ0v) is 14.8. The minimum absolute atomic E-state index is 0.157. The molecule has 2 aromatic carbocycles. The van der Waals surface area contributed by atoms with Gasteiger partial charge in [-0.25, -0.2) is 5.01 Å². The van der Waals surface area contributed by atoms with Crippen LogP contribution in [0.25, 0.3) is 0 Å². The maximum Gasteiger partial charge on any atom is 0.267 e. The lowest BCUT2D eigenvalue weighted by molar-refractivity contribution is -0.918. The first kappa shape index (κ1) is 17.2. The molecule has 3 rings (SSSR count). The molecule has 1 fully saturated rings. The van der Waals surface area contributed by atoms with Gasteiger partial charge in [0.2, 0.25) is 0 Å². The summed E-state index contributed by atoms with van der Waals surface area (Å²) in [6, 6.07) is 15.0. The number of piperazine rings is 1. The average molecular weight is 365 g/mol. The van der Waals surface area contributed by atoms with Crippen molar-refractivity contribution in [2.24, 2.45) is 0 Å². The number of hydrogen-bond donors (Lipinski definition) is 2. The van der Waals surface area contributed by atoms with Gasteiger partial charge in [-0.05, 0) is 18.2 Å². The van der Waals surface area contributed by atoms with E-state index >= 15 is 0 Å². The molecule has 6 heteroatoms. The third-order valence-electron chi connectivity index (χ3n) is 4.25. The summed E-state index contributed by atoms with van der Waals surface area (Å²) in [5, 5.41) is 3.25. The van der Waals surface area contributed by atoms with Crippen molar-refractivity contribution in [3.63, 3.8) is 0 Å². The van der Waals surface area contributed by atoms with E-state index in [2.05, 4.69) is 11.5 Å². The fourth-order valence-corrected chi connectivity index (χ4v) is 3.30. The number of carbonyl (C=O) groups is 1. The van der Waals surface area contributed by atoms with Gasteiger partial charge in [0.25, 0.3) is 5.91 Å². The molecule has 0 spiro atoms. The van der Waals surface area contributed by atoms with Crippen molar-refractivity contribution < 1.29 is 9.69 Å². The van der Waals surface area contributed by atoms with Gasteiger partial charge in [-0.2, -0.15) is 0 Å². The molecule has 1 amide bonds. The number of amides is 1. The molecule has 0 saturated carbocycles. The molecule has 126 valence electrons. The maximum atomic E-state index is 12.3. The van der Waals surface area contributed by atoms with Crippen molar-refractivity contribution in [3.05, 3.63) is 69.7 Å². The fraction of sp³-hybridized carbons (Fsp3) is 0.278. The predicted molar refractivity (Wildman–Crippen MR) is 96.3 cm³/mol. The fourth-order valence-electron chi connectivity index (χ4n) is 2.87. The van der Waals surface area contributed by atoms with E-state index in [4.69, 9.17) is 23.2 Å². The quantitative estimate of drug-likeness (QED) is 0.870. The van der Waals surface area contributed by atoms with Gasteiger partial charge in [0.15, 0.2) is 0 Å². The zero-order valence-electron chi connectivity index (χ0n) is 13.3. The molecule has 1 aliphatic heterocycles. The van der Waals surface area contributed by atoms with E-state index in [1.165, 1.54) is 10.5 Å². The number of carbonyl (C=O) groups excluding carboxylic acids is 1. The summed E-state index contributed by atoms with van der Waals surface area (Å²) in [5.74, 6) is -0.157. The Labute approximate surface area is 151 Å². The topological polar surface area (TPSA) is 36.8 Å². The Morgan fingerprint density at radius 1 is 1.00 bits per heavy atom. The first-order chi connectivity index (χ1) is 11.6. The van der Waals surface area contributed by atoms with Gasteiger partial charge in [-0.15, -0.1) is 0 Å².